The van der Waals surface area contributed by atoms with E-state index in [1.54, 1.807) is 0 Å². The van der Waals surface area contributed by atoms with Gasteiger partial charge in [-0.25, -0.2) is 0 Å². The number of rotatable bonds is 4. The molecule has 1 rings (SSSR count). The van der Waals surface area contributed by atoms with Crippen LogP contribution < -0.4 is 5.73 Å². The molecule has 3 nitrogen and oxygen atoms in total. The third-order valence-corrected chi connectivity index (χ3v) is 2.08. The zero-order valence-corrected chi connectivity index (χ0v) is 7.05. The fourth-order valence-corrected chi connectivity index (χ4v) is 1.15. The lowest BCUT2D eigenvalue weighted by Gasteiger charge is -2.19. The van der Waals surface area contributed by atoms with Crippen LogP contribution >= 0.6 is 0 Å². The molecule has 0 spiro atoms. The van der Waals surface area contributed by atoms with Crippen molar-refractivity contribution in [1.29, 1.82) is 0 Å². The van der Waals surface area contributed by atoms with Crippen LogP contribution in [0.5, 0.6) is 0 Å². The summed E-state index contributed by atoms with van der Waals surface area (Å²) < 4.78 is 0. The summed E-state index contributed by atoms with van der Waals surface area (Å²) in [6, 6.07) is 0. The number of likely N-dealkylation sites (N-methyl/N-ethyl adjacent to an activating group) is 1. The molecular formula is C8H16N2O. The molecule has 1 fully saturated rings. The molecule has 1 amide bonds. The first-order chi connectivity index (χ1) is 5.27. The standard InChI is InChI=1S/C8H16N2O/c1-2-10(8(11)5-9)6-7-3-4-7/h7H,2-6,9H2,1H3. The number of amides is 1. The minimum atomic E-state index is 0.0828. The summed E-state index contributed by atoms with van der Waals surface area (Å²) in [4.78, 5) is 13.0. The molecule has 0 aliphatic heterocycles. The van der Waals surface area contributed by atoms with Gasteiger partial charge in [0.15, 0.2) is 0 Å². The van der Waals surface area contributed by atoms with E-state index in [4.69, 9.17) is 5.73 Å². The Bertz CT molecular complexity index is 143. The molecule has 0 atom stereocenters. The fourth-order valence-electron chi connectivity index (χ4n) is 1.15. The highest BCUT2D eigenvalue weighted by molar-refractivity contribution is 5.77. The highest BCUT2D eigenvalue weighted by atomic mass is 16.2. The van der Waals surface area contributed by atoms with E-state index in [2.05, 4.69) is 0 Å². The van der Waals surface area contributed by atoms with E-state index >= 15 is 0 Å². The first-order valence-electron chi connectivity index (χ1n) is 4.25. The van der Waals surface area contributed by atoms with Gasteiger partial charge in [0.1, 0.15) is 0 Å². The fraction of sp³-hybridized carbons (Fsp3) is 0.875. The molecule has 0 aromatic heterocycles. The van der Waals surface area contributed by atoms with Crippen LogP contribution in [-0.2, 0) is 4.79 Å². The molecule has 0 aromatic carbocycles. The summed E-state index contributed by atoms with van der Waals surface area (Å²) in [5.74, 6) is 0.852. The second-order valence-corrected chi connectivity index (χ2v) is 3.08. The molecule has 3 heteroatoms. The van der Waals surface area contributed by atoms with Gasteiger partial charge in [-0.3, -0.25) is 4.79 Å². The predicted octanol–water partition coefficient (Wildman–Crippen LogP) is 0.204. The molecule has 0 aromatic rings. The smallest absolute Gasteiger partial charge is 0.236 e. The Kier molecular flexibility index (Phi) is 2.88. The van der Waals surface area contributed by atoms with E-state index in [1.807, 2.05) is 11.8 Å². The first kappa shape index (κ1) is 8.53. The van der Waals surface area contributed by atoms with Crippen LogP contribution in [0.1, 0.15) is 19.8 Å². The Morgan fingerprint density at radius 3 is 2.64 bits per heavy atom. The number of carbonyl (C=O) groups excluding carboxylic acids is 1. The minimum Gasteiger partial charge on any atom is -0.342 e. The predicted molar refractivity (Wildman–Crippen MR) is 44.0 cm³/mol. The quantitative estimate of drug-likeness (QED) is 0.632. The van der Waals surface area contributed by atoms with Crippen LogP contribution in [-0.4, -0.2) is 30.4 Å². The number of hydrogen-bond acceptors (Lipinski definition) is 2. The maximum atomic E-state index is 11.1. The van der Waals surface area contributed by atoms with Gasteiger partial charge in [-0.2, -0.15) is 0 Å². The van der Waals surface area contributed by atoms with E-state index < -0.39 is 0 Å². The van der Waals surface area contributed by atoms with Crippen molar-refractivity contribution in [3.63, 3.8) is 0 Å². The van der Waals surface area contributed by atoms with Crippen molar-refractivity contribution >= 4 is 5.91 Å². The van der Waals surface area contributed by atoms with E-state index in [-0.39, 0.29) is 12.5 Å². The number of nitrogens with zero attached hydrogens (tertiary/aromatic N) is 1. The minimum absolute atomic E-state index is 0.0828. The van der Waals surface area contributed by atoms with Gasteiger partial charge in [-0.1, -0.05) is 0 Å². The lowest BCUT2D eigenvalue weighted by atomic mass is 10.3. The SMILES string of the molecule is CCN(CC1CC1)C(=O)CN. The van der Waals surface area contributed by atoms with Crippen molar-refractivity contribution in [2.75, 3.05) is 19.6 Å². The second kappa shape index (κ2) is 3.72. The van der Waals surface area contributed by atoms with Crippen molar-refractivity contribution in [2.45, 2.75) is 19.8 Å². The normalized spacial score (nSPS) is 16.5. The molecule has 0 heterocycles. The molecule has 0 unspecified atom stereocenters. The van der Waals surface area contributed by atoms with Crippen molar-refractivity contribution < 1.29 is 4.79 Å². The third kappa shape index (κ3) is 2.50. The van der Waals surface area contributed by atoms with Crippen LogP contribution in [0, 0.1) is 5.92 Å². The highest BCUT2D eigenvalue weighted by Gasteiger charge is 2.25. The largest absolute Gasteiger partial charge is 0.342 e. The van der Waals surface area contributed by atoms with Crippen molar-refractivity contribution in [3.05, 3.63) is 0 Å². The highest BCUT2D eigenvalue weighted by Crippen LogP contribution is 2.29. The lowest BCUT2D eigenvalue weighted by Crippen LogP contribution is -2.37. The van der Waals surface area contributed by atoms with Crippen molar-refractivity contribution in [3.8, 4) is 0 Å². The number of carbonyl (C=O) groups is 1. The average Bonchev–Trinajstić information content (AvgIpc) is 2.82. The summed E-state index contributed by atoms with van der Waals surface area (Å²) in [6.45, 7) is 3.87. The molecular weight excluding hydrogens is 140 g/mol. The number of nitrogens with two attached hydrogens (primary N) is 1. The summed E-state index contributed by atoms with van der Waals surface area (Å²) in [5.41, 5.74) is 5.25. The maximum Gasteiger partial charge on any atom is 0.236 e. The van der Waals surface area contributed by atoms with E-state index in [1.165, 1.54) is 12.8 Å². The van der Waals surface area contributed by atoms with E-state index in [0.717, 1.165) is 19.0 Å². The molecule has 1 saturated carbocycles. The maximum absolute atomic E-state index is 11.1. The molecule has 0 bridgehead atoms. The van der Waals surface area contributed by atoms with Gasteiger partial charge in [0.25, 0.3) is 0 Å². The van der Waals surface area contributed by atoms with Crippen LogP contribution in [0.3, 0.4) is 0 Å². The van der Waals surface area contributed by atoms with E-state index in [9.17, 15) is 4.79 Å². The Morgan fingerprint density at radius 2 is 2.27 bits per heavy atom. The summed E-state index contributed by atoms with van der Waals surface area (Å²) in [7, 11) is 0. The lowest BCUT2D eigenvalue weighted by molar-refractivity contribution is -0.129. The van der Waals surface area contributed by atoms with Gasteiger partial charge in [0.2, 0.25) is 5.91 Å². The van der Waals surface area contributed by atoms with Crippen molar-refractivity contribution in [2.24, 2.45) is 11.7 Å². The summed E-state index contributed by atoms with van der Waals surface area (Å²) >= 11 is 0. The van der Waals surface area contributed by atoms with Gasteiger partial charge in [-0.05, 0) is 25.7 Å². The number of hydrogen-bond donors (Lipinski definition) is 1. The van der Waals surface area contributed by atoms with Crippen LogP contribution in [0.15, 0.2) is 0 Å². The second-order valence-electron chi connectivity index (χ2n) is 3.08. The molecule has 1 aliphatic rings. The molecule has 2 N–H and O–H groups in total. The van der Waals surface area contributed by atoms with Crippen LogP contribution in [0.2, 0.25) is 0 Å². The Balaban J connectivity index is 2.27. The van der Waals surface area contributed by atoms with Gasteiger partial charge >= 0.3 is 0 Å². The summed E-state index contributed by atoms with van der Waals surface area (Å²) in [6.07, 6.45) is 2.57. The molecule has 0 radical (unpaired) electrons. The Morgan fingerprint density at radius 1 is 1.64 bits per heavy atom. The Hall–Kier alpha value is -0.570. The Labute approximate surface area is 67.5 Å². The first-order valence-corrected chi connectivity index (χ1v) is 4.25. The molecule has 1 aliphatic carbocycles. The average molecular weight is 156 g/mol. The van der Waals surface area contributed by atoms with Gasteiger partial charge < -0.3 is 10.6 Å². The summed E-state index contributed by atoms with van der Waals surface area (Å²) in [5, 5.41) is 0. The topological polar surface area (TPSA) is 46.3 Å². The molecule has 0 saturated heterocycles. The monoisotopic (exact) mass is 156 g/mol. The van der Waals surface area contributed by atoms with Crippen LogP contribution in [0.4, 0.5) is 0 Å². The van der Waals surface area contributed by atoms with Crippen molar-refractivity contribution in [1.82, 2.24) is 4.90 Å². The molecule has 11 heavy (non-hydrogen) atoms. The van der Waals surface area contributed by atoms with Gasteiger partial charge in [-0.15, -0.1) is 0 Å². The van der Waals surface area contributed by atoms with Gasteiger partial charge in [0, 0.05) is 13.1 Å². The van der Waals surface area contributed by atoms with Crippen LogP contribution in [0.25, 0.3) is 0 Å². The third-order valence-electron chi connectivity index (χ3n) is 2.08. The molecule has 64 valence electrons. The zero-order valence-electron chi connectivity index (χ0n) is 7.05. The van der Waals surface area contributed by atoms with Gasteiger partial charge in [0.05, 0.1) is 6.54 Å². The van der Waals surface area contributed by atoms with E-state index in [0.29, 0.717) is 0 Å². The zero-order chi connectivity index (χ0) is 8.27.